The highest BCUT2D eigenvalue weighted by atomic mass is 16.5. The number of carboxylic acids is 1. The quantitative estimate of drug-likeness (QED) is 0.819. The fourth-order valence-electron chi connectivity index (χ4n) is 2.89. The maximum Gasteiger partial charge on any atom is 0.303 e. The zero-order valence-corrected chi connectivity index (χ0v) is 13.4. The molecule has 5 nitrogen and oxygen atoms in total. The first kappa shape index (κ1) is 17.1. The van der Waals surface area contributed by atoms with Crippen molar-refractivity contribution >= 4 is 18.0 Å². The molecule has 0 bridgehead atoms. The Morgan fingerprint density at radius 1 is 1.39 bits per heavy atom. The van der Waals surface area contributed by atoms with Crippen molar-refractivity contribution in [1.29, 1.82) is 0 Å². The van der Waals surface area contributed by atoms with Gasteiger partial charge in [-0.25, -0.2) is 0 Å². The van der Waals surface area contributed by atoms with E-state index in [4.69, 9.17) is 9.84 Å². The first-order valence-electron chi connectivity index (χ1n) is 7.94. The lowest BCUT2D eigenvalue weighted by Crippen LogP contribution is -2.43. The molecule has 0 aliphatic carbocycles. The average molecular weight is 317 g/mol. The van der Waals surface area contributed by atoms with Gasteiger partial charge in [0.1, 0.15) is 5.75 Å². The SMILES string of the molecule is COc1cccc(/C=C/C(=O)N2CCCCC2CCC(=O)O)c1. The van der Waals surface area contributed by atoms with Gasteiger partial charge in [-0.05, 0) is 49.5 Å². The molecule has 2 rings (SSSR count). The van der Waals surface area contributed by atoms with E-state index in [2.05, 4.69) is 0 Å². The van der Waals surface area contributed by atoms with Crippen molar-refractivity contribution in [3.63, 3.8) is 0 Å². The summed E-state index contributed by atoms with van der Waals surface area (Å²) in [6, 6.07) is 7.53. The molecule has 1 heterocycles. The summed E-state index contributed by atoms with van der Waals surface area (Å²) in [4.78, 5) is 25.0. The van der Waals surface area contributed by atoms with E-state index in [9.17, 15) is 9.59 Å². The number of likely N-dealkylation sites (tertiary alicyclic amines) is 1. The number of nitrogens with zero attached hydrogens (tertiary/aromatic N) is 1. The molecule has 1 atom stereocenters. The summed E-state index contributed by atoms with van der Waals surface area (Å²) >= 11 is 0. The highest BCUT2D eigenvalue weighted by molar-refractivity contribution is 5.92. The Labute approximate surface area is 136 Å². The van der Waals surface area contributed by atoms with E-state index in [1.807, 2.05) is 29.2 Å². The molecule has 0 radical (unpaired) electrons. The summed E-state index contributed by atoms with van der Waals surface area (Å²) in [7, 11) is 1.61. The van der Waals surface area contributed by atoms with Gasteiger partial charge in [0.2, 0.25) is 5.91 Å². The van der Waals surface area contributed by atoms with E-state index < -0.39 is 5.97 Å². The van der Waals surface area contributed by atoms with Crippen LogP contribution in [0, 0.1) is 0 Å². The second-order valence-corrected chi connectivity index (χ2v) is 5.72. The van der Waals surface area contributed by atoms with Crippen molar-refractivity contribution in [3.05, 3.63) is 35.9 Å². The topological polar surface area (TPSA) is 66.8 Å². The van der Waals surface area contributed by atoms with Gasteiger partial charge in [-0.2, -0.15) is 0 Å². The predicted octanol–water partition coefficient (Wildman–Crippen LogP) is 2.95. The van der Waals surface area contributed by atoms with Gasteiger partial charge in [0, 0.05) is 25.1 Å². The molecule has 0 spiro atoms. The van der Waals surface area contributed by atoms with Crippen LogP contribution in [0.15, 0.2) is 30.3 Å². The lowest BCUT2D eigenvalue weighted by molar-refractivity contribution is -0.138. The fourth-order valence-corrected chi connectivity index (χ4v) is 2.89. The van der Waals surface area contributed by atoms with Crippen molar-refractivity contribution in [1.82, 2.24) is 4.90 Å². The van der Waals surface area contributed by atoms with E-state index >= 15 is 0 Å². The fraction of sp³-hybridized carbons (Fsp3) is 0.444. The second kappa shape index (κ2) is 8.36. The summed E-state index contributed by atoms with van der Waals surface area (Å²) in [5.41, 5.74) is 0.900. The van der Waals surface area contributed by atoms with Gasteiger partial charge in [-0.3, -0.25) is 9.59 Å². The molecule has 1 aromatic rings. The van der Waals surface area contributed by atoms with E-state index in [0.29, 0.717) is 13.0 Å². The van der Waals surface area contributed by atoms with Crippen molar-refractivity contribution in [2.45, 2.75) is 38.1 Å². The van der Waals surface area contributed by atoms with Crippen molar-refractivity contribution in [3.8, 4) is 5.75 Å². The van der Waals surface area contributed by atoms with Crippen LogP contribution in [0.4, 0.5) is 0 Å². The molecule has 1 aliphatic rings. The third-order valence-corrected chi connectivity index (χ3v) is 4.11. The Morgan fingerprint density at radius 3 is 2.96 bits per heavy atom. The molecule has 23 heavy (non-hydrogen) atoms. The third-order valence-electron chi connectivity index (χ3n) is 4.11. The molecule has 124 valence electrons. The number of carbonyl (C=O) groups is 2. The smallest absolute Gasteiger partial charge is 0.303 e. The zero-order valence-electron chi connectivity index (χ0n) is 13.4. The number of rotatable bonds is 6. The summed E-state index contributed by atoms with van der Waals surface area (Å²) in [5, 5.41) is 8.84. The monoisotopic (exact) mass is 317 g/mol. The van der Waals surface area contributed by atoms with Gasteiger partial charge in [0.25, 0.3) is 0 Å². The van der Waals surface area contributed by atoms with Gasteiger partial charge < -0.3 is 14.7 Å². The van der Waals surface area contributed by atoms with Crippen LogP contribution in [-0.2, 0) is 9.59 Å². The third kappa shape index (κ3) is 5.13. The van der Waals surface area contributed by atoms with Gasteiger partial charge in [0.15, 0.2) is 0 Å². The highest BCUT2D eigenvalue weighted by Crippen LogP contribution is 2.22. The first-order valence-corrected chi connectivity index (χ1v) is 7.94. The Balaban J connectivity index is 2.01. The Kier molecular flexibility index (Phi) is 6.20. The molecule has 1 aromatic carbocycles. The molecule has 0 aromatic heterocycles. The Morgan fingerprint density at radius 2 is 2.22 bits per heavy atom. The normalized spacial score (nSPS) is 18.1. The highest BCUT2D eigenvalue weighted by Gasteiger charge is 2.25. The van der Waals surface area contributed by atoms with Crippen LogP contribution < -0.4 is 4.74 Å². The number of piperidine rings is 1. The van der Waals surface area contributed by atoms with E-state index in [0.717, 1.165) is 30.6 Å². The van der Waals surface area contributed by atoms with Gasteiger partial charge in [0.05, 0.1) is 7.11 Å². The molecular weight excluding hydrogens is 294 g/mol. The van der Waals surface area contributed by atoms with Crippen LogP contribution in [0.25, 0.3) is 6.08 Å². The van der Waals surface area contributed by atoms with Gasteiger partial charge >= 0.3 is 5.97 Å². The standard InChI is InChI=1S/C18H23NO4/c1-23-16-7-4-5-14(13-16)8-10-17(20)19-12-3-2-6-15(19)9-11-18(21)22/h4-5,7-8,10,13,15H,2-3,6,9,11-12H2,1H3,(H,21,22)/b10-8+. The Bertz CT molecular complexity index is 582. The minimum Gasteiger partial charge on any atom is -0.497 e. The maximum absolute atomic E-state index is 12.4. The van der Waals surface area contributed by atoms with Crippen LogP contribution in [0.1, 0.15) is 37.7 Å². The number of amides is 1. The summed E-state index contributed by atoms with van der Waals surface area (Å²) in [6.45, 7) is 0.700. The predicted molar refractivity (Wildman–Crippen MR) is 88.2 cm³/mol. The number of carboxylic acid groups (broad SMARTS) is 1. The number of ether oxygens (including phenoxy) is 1. The molecule has 1 amide bonds. The number of hydrogen-bond acceptors (Lipinski definition) is 3. The average Bonchev–Trinajstić information content (AvgIpc) is 2.58. The summed E-state index contributed by atoms with van der Waals surface area (Å²) in [5.74, 6) is -0.116. The zero-order chi connectivity index (χ0) is 16.7. The number of aliphatic carboxylic acids is 1. The molecule has 1 unspecified atom stereocenters. The maximum atomic E-state index is 12.4. The minimum atomic E-state index is -0.810. The molecule has 1 aliphatic heterocycles. The van der Waals surface area contributed by atoms with Crippen molar-refractivity contribution < 1.29 is 19.4 Å². The number of carbonyl (C=O) groups excluding carboxylic acids is 1. The van der Waals surface area contributed by atoms with Gasteiger partial charge in [-0.1, -0.05) is 12.1 Å². The van der Waals surface area contributed by atoms with Crippen LogP contribution >= 0.6 is 0 Å². The minimum absolute atomic E-state index is 0.0299. The molecule has 0 saturated carbocycles. The van der Waals surface area contributed by atoms with E-state index in [1.165, 1.54) is 0 Å². The van der Waals surface area contributed by atoms with Crippen LogP contribution in [0.2, 0.25) is 0 Å². The number of benzene rings is 1. The molecule has 5 heteroatoms. The van der Waals surface area contributed by atoms with Crippen LogP contribution in [0.3, 0.4) is 0 Å². The molecule has 1 fully saturated rings. The second-order valence-electron chi connectivity index (χ2n) is 5.72. The van der Waals surface area contributed by atoms with Crippen molar-refractivity contribution in [2.75, 3.05) is 13.7 Å². The van der Waals surface area contributed by atoms with E-state index in [-0.39, 0.29) is 18.4 Å². The van der Waals surface area contributed by atoms with Crippen molar-refractivity contribution in [2.24, 2.45) is 0 Å². The summed E-state index contributed by atoms with van der Waals surface area (Å²) < 4.78 is 5.16. The van der Waals surface area contributed by atoms with Crippen LogP contribution in [0.5, 0.6) is 5.75 Å². The number of methoxy groups -OCH3 is 1. The van der Waals surface area contributed by atoms with Crippen LogP contribution in [-0.4, -0.2) is 41.6 Å². The van der Waals surface area contributed by atoms with Gasteiger partial charge in [-0.15, -0.1) is 0 Å². The number of hydrogen-bond donors (Lipinski definition) is 1. The summed E-state index contributed by atoms with van der Waals surface area (Å²) in [6.07, 6.45) is 6.87. The Hall–Kier alpha value is -2.30. The first-order chi connectivity index (χ1) is 11.1. The largest absolute Gasteiger partial charge is 0.497 e. The lowest BCUT2D eigenvalue weighted by atomic mass is 9.97. The molecular formula is C18H23NO4. The van der Waals surface area contributed by atoms with E-state index in [1.54, 1.807) is 19.3 Å². The molecule has 1 N–H and O–H groups in total. The lowest BCUT2D eigenvalue weighted by Gasteiger charge is -2.35. The molecule has 1 saturated heterocycles.